The van der Waals surface area contributed by atoms with Gasteiger partial charge in [0.25, 0.3) is 0 Å². The lowest BCUT2D eigenvalue weighted by Gasteiger charge is -2.31. The SMILES string of the molecule is C=C/C=C\C(=C/C)n1c2ccccc2c2ccc(N(C3=CCC(c4cccc5ccccc45)C=C3)c3cc4c(c5oc6ccccc6c35)-c3ccccc3C4(C)C)cc21. The first-order valence-corrected chi connectivity index (χ1v) is 20.7. The Hall–Kier alpha value is -7.10. The van der Waals surface area contributed by atoms with Crippen molar-refractivity contribution in [2.75, 3.05) is 4.90 Å². The van der Waals surface area contributed by atoms with Gasteiger partial charge in [0, 0.05) is 50.1 Å². The fraction of sp³-hybridized carbons (Fsp3) is 0.107. The van der Waals surface area contributed by atoms with Gasteiger partial charge in [-0.2, -0.15) is 0 Å². The minimum Gasteiger partial charge on any atom is -0.455 e. The van der Waals surface area contributed by atoms with Crippen LogP contribution in [-0.2, 0) is 5.41 Å². The van der Waals surface area contributed by atoms with Crippen molar-refractivity contribution in [1.82, 2.24) is 4.57 Å². The first kappa shape index (κ1) is 35.1. The number of hydrogen-bond acceptors (Lipinski definition) is 2. The molecule has 3 heteroatoms. The van der Waals surface area contributed by atoms with E-state index in [0.29, 0.717) is 0 Å². The predicted octanol–water partition coefficient (Wildman–Crippen LogP) is 15.5. The van der Waals surface area contributed by atoms with Crippen LogP contribution in [0.1, 0.15) is 49.8 Å². The average molecular weight is 761 g/mol. The number of anilines is 2. The Morgan fingerprint density at radius 3 is 2.34 bits per heavy atom. The van der Waals surface area contributed by atoms with Gasteiger partial charge < -0.3 is 13.9 Å². The van der Waals surface area contributed by atoms with Crippen molar-refractivity contribution in [3.05, 3.63) is 211 Å². The van der Waals surface area contributed by atoms with Crippen LogP contribution in [0, 0.1) is 0 Å². The number of para-hydroxylation sites is 2. The van der Waals surface area contributed by atoms with Crippen molar-refractivity contribution in [3.8, 4) is 11.1 Å². The van der Waals surface area contributed by atoms with Crippen LogP contribution in [0.5, 0.6) is 0 Å². The van der Waals surface area contributed by atoms with E-state index in [1.165, 1.54) is 54.9 Å². The first-order valence-electron chi connectivity index (χ1n) is 20.7. The Kier molecular flexibility index (Phi) is 8.03. The minimum atomic E-state index is -0.232. The van der Waals surface area contributed by atoms with Gasteiger partial charge in [0.05, 0.1) is 22.1 Å². The van der Waals surface area contributed by atoms with Gasteiger partial charge in [0.1, 0.15) is 11.2 Å². The van der Waals surface area contributed by atoms with Gasteiger partial charge in [0.15, 0.2) is 0 Å². The molecule has 11 rings (SSSR count). The summed E-state index contributed by atoms with van der Waals surface area (Å²) in [4.78, 5) is 2.50. The summed E-state index contributed by atoms with van der Waals surface area (Å²) in [5.41, 5.74) is 14.8. The second kappa shape index (κ2) is 13.5. The molecular weight excluding hydrogens is 717 g/mol. The summed E-state index contributed by atoms with van der Waals surface area (Å²) in [6, 6.07) is 51.0. The third-order valence-corrected chi connectivity index (χ3v) is 12.8. The maximum atomic E-state index is 7.00. The number of hydrogen-bond donors (Lipinski definition) is 0. The average Bonchev–Trinajstić information content (AvgIpc) is 3.90. The molecule has 0 aliphatic heterocycles. The standard InChI is InChI=1S/C56H44N2O/c1-5-7-19-38(6-2)58-49-26-14-11-21-43(49)44-33-32-40(34-50(44)58)57(39-30-28-37(29-31-39)42-24-16-18-36-17-8-9-20-41(36)42)51-35-48-53(45-22-10-13-25-47(45)56(48,3)4)55-54(51)46-23-12-15-27-52(46)59-55/h5-28,30-35,37H,1,29H2,2-4H3/b19-7-,38-6+. The first-order chi connectivity index (χ1) is 29.0. The summed E-state index contributed by atoms with van der Waals surface area (Å²) in [6.45, 7) is 10.8. The second-order valence-electron chi connectivity index (χ2n) is 16.4. The Balaban J connectivity index is 1.19. The van der Waals surface area contributed by atoms with E-state index in [9.17, 15) is 0 Å². The zero-order chi connectivity index (χ0) is 39.8. The highest BCUT2D eigenvalue weighted by atomic mass is 16.3. The van der Waals surface area contributed by atoms with Crippen LogP contribution >= 0.6 is 0 Å². The van der Waals surface area contributed by atoms with Gasteiger partial charge in [0.2, 0.25) is 0 Å². The van der Waals surface area contributed by atoms with Gasteiger partial charge in [-0.05, 0) is 88.9 Å². The number of fused-ring (bicyclic) bond motifs is 11. The maximum absolute atomic E-state index is 7.00. The number of aromatic nitrogens is 1. The van der Waals surface area contributed by atoms with Crippen molar-refractivity contribution in [1.29, 1.82) is 0 Å². The number of rotatable bonds is 7. The summed E-state index contributed by atoms with van der Waals surface area (Å²) in [5, 5.41) is 7.27. The number of allylic oxidation sites excluding steroid dienone is 8. The Bertz CT molecular complexity index is 3320. The van der Waals surface area contributed by atoms with E-state index in [2.05, 4.69) is 207 Å². The molecule has 1 atom stereocenters. The molecule has 1 unspecified atom stereocenters. The van der Waals surface area contributed by atoms with Crippen molar-refractivity contribution < 1.29 is 4.42 Å². The van der Waals surface area contributed by atoms with Gasteiger partial charge in [-0.3, -0.25) is 0 Å². The highest BCUT2D eigenvalue weighted by molar-refractivity contribution is 6.19. The highest BCUT2D eigenvalue weighted by Crippen LogP contribution is 2.56. The van der Waals surface area contributed by atoms with E-state index in [-0.39, 0.29) is 11.3 Å². The molecule has 0 radical (unpaired) electrons. The van der Waals surface area contributed by atoms with Crippen molar-refractivity contribution >= 4 is 71.6 Å². The molecule has 2 heterocycles. The molecule has 0 saturated carbocycles. The number of furan rings is 1. The van der Waals surface area contributed by atoms with Crippen LogP contribution in [0.15, 0.2) is 199 Å². The summed E-state index contributed by atoms with van der Waals surface area (Å²) in [7, 11) is 0. The zero-order valence-electron chi connectivity index (χ0n) is 33.6. The lowest BCUT2D eigenvalue weighted by Crippen LogP contribution is -2.20. The van der Waals surface area contributed by atoms with Crippen LogP contribution in [0.2, 0.25) is 0 Å². The van der Waals surface area contributed by atoms with Gasteiger partial charge in [-0.25, -0.2) is 0 Å². The molecule has 284 valence electrons. The Morgan fingerprint density at radius 1 is 0.763 bits per heavy atom. The molecule has 9 aromatic rings. The normalized spacial score (nSPS) is 16.1. The maximum Gasteiger partial charge on any atom is 0.145 e. The molecule has 2 aliphatic carbocycles. The van der Waals surface area contributed by atoms with Gasteiger partial charge in [-0.15, -0.1) is 0 Å². The number of benzene rings is 7. The molecule has 59 heavy (non-hydrogen) atoms. The Labute approximate surface area is 344 Å². The van der Waals surface area contributed by atoms with Crippen LogP contribution < -0.4 is 4.90 Å². The van der Waals surface area contributed by atoms with E-state index in [0.717, 1.165) is 56.6 Å². The highest BCUT2D eigenvalue weighted by Gasteiger charge is 2.39. The quantitative estimate of drug-likeness (QED) is 0.151. The summed E-state index contributed by atoms with van der Waals surface area (Å²) >= 11 is 0. The van der Waals surface area contributed by atoms with E-state index < -0.39 is 0 Å². The lowest BCUT2D eigenvalue weighted by atomic mass is 9.82. The summed E-state index contributed by atoms with van der Waals surface area (Å²) in [5.74, 6) is 0.258. The molecule has 0 saturated heterocycles. The van der Waals surface area contributed by atoms with Crippen LogP contribution in [0.4, 0.5) is 11.4 Å². The smallest absolute Gasteiger partial charge is 0.145 e. The van der Waals surface area contributed by atoms with Crippen LogP contribution in [-0.4, -0.2) is 4.57 Å². The van der Waals surface area contributed by atoms with E-state index >= 15 is 0 Å². The molecule has 0 bridgehead atoms. The third-order valence-electron chi connectivity index (χ3n) is 12.8. The molecule has 3 nitrogen and oxygen atoms in total. The molecular formula is C56H44N2O. The topological polar surface area (TPSA) is 21.3 Å². The predicted molar refractivity (Wildman–Crippen MR) is 251 cm³/mol. The molecule has 2 aliphatic rings. The second-order valence-corrected chi connectivity index (χ2v) is 16.4. The fourth-order valence-electron chi connectivity index (χ4n) is 10.1. The van der Waals surface area contributed by atoms with E-state index in [4.69, 9.17) is 4.42 Å². The van der Waals surface area contributed by atoms with Crippen molar-refractivity contribution in [2.24, 2.45) is 0 Å². The van der Waals surface area contributed by atoms with Crippen molar-refractivity contribution in [2.45, 2.75) is 38.5 Å². The molecule has 0 N–H and O–H groups in total. The molecule has 0 spiro atoms. The van der Waals surface area contributed by atoms with Gasteiger partial charge in [-0.1, -0.05) is 160 Å². The van der Waals surface area contributed by atoms with Crippen LogP contribution in [0.3, 0.4) is 0 Å². The summed E-state index contributed by atoms with van der Waals surface area (Å²) in [6.07, 6.45) is 16.3. The molecule has 0 fully saturated rings. The molecule has 0 amide bonds. The van der Waals surface area contributed by atoms with Gasteiger partial charge >= 0.3 is 0 Å². The fourth-order valence-corrected chi connectivity index (χ4v) is 10.1. The largest absolute Gasteiger partial charge is 0.455 e. The van der Waals surface area contributed by atoms with E-state index in [1.54, 1.807) is 0 Å². The monoisotopic (exact) mass is 760 g/mol. The Morgan fingerprint density at radius 2 is 1.51 bits per heavy atom. The number of nitrogens with zero attached hydrogens (tertiary/aromatic N) is 2. The lowest BCUT2D eigenvalue weighted by molar-refractivity contribution is 0.653. The third kappa shape index (κ3) is 5.27. The van der Waals surface area contributed by atoms with Crippen LogP contribution in [0.25, 0.3) is 71.3 Å². The molecule has 7 aromatic carbocycles. The molecule has 2 aromatic heterocycles. The minimum absolute atomic E-state index is 0.232. The zero-order valence-corrected chi connectivity index (χ0v) is 33.6. The van der Waals surface area contributed by atoms with Crippen molar-refractivity contribution in [3.63, 3.8) is 0 Å². The summed E-state index contributed by atoms with van der Waals surface area (Å²) < 4.78 is 9.38. The van der Waals surface area contributed by atoms with E-state index in [1.807, 2.05) is 12.2 Å².